The Balaban J connectivity index is 1.64. The smallest absolute Gasteiger partial charge is 0.338 e. The van der Waals surface area contributed by atoms with Gasteiger partial charge in [0.2, 0.25) is 5.16 Å². The van der Waals surface area contributed by atoms with E-state index in [1.165, 1.54) is 22.7 Å². The number of nitrogens with two attached hydrogens (primary N) is 1. The number of furan rings is 1. The van der Waals surface area contributed by atoms with Crippen molar-refractivity contribution in [2.24, 2.45) is 0 Å². The summed E-state index contributed by atoms with van der Waals surface area (Å²) < 4.78 is 11.9. The molecule has 1 aliphatic rings. The second kappa shape index (κ2) is 9.77. The van der Waals surface area contributed by atoms with Crippen LogP contribution in [0.1, 0.15) is 18.7 Å². The van der Waals surface area contributed by atoms with Crippen LogP contribution in [0.15, 0.2) is 57.4 Å². The van der Waals surface area contributed by atoms with Gasteiger partial charge in [-0.15, -0.1) is 10.2 Å². The molecule has 1 aromatic carbocycles. The highest BCUT2D eigenvalue weighted by atomic mass is 35.5. The predicted molar refractivity (Wildman–Crippen MR) is 123 cm³/mol. The van der Waals surface area contributed by atoms with Gasteiger partial charge in [-0.3, -0.25) is 0 Å². The van der Waals surface area contributed by atoms with Crippen molar-refractivity contribution in [3.8, 4) is 11.4 Å². The SMILES string of the molecule is CCOC(=O)C1=C(CSc2nnc(-c3ccc(Cl)cc3Cl)n2N)NC(=O)NC1c1ccco1. The van der Waals surface area contributed by atoms with Gasteiger partial charge in [0, 0.05) is 22.0 Å². The molecular weight excluding hydrogens is 491 g/mol. The molecule has 4 N–H and O–H groups in total. The molecule has 13 heteroatoms. The van der Waals surface area contributed by atoms with Crippen molar-refractivity contribution in [3.05, 3.63) is 63.7 Å². The fourth-order valence-electron chi connectivity index (χ4n) is 3.22. The maximum absolute atomic E-state index is 12.7. The molecule has 33 heavy (non-hydrogen) atoms. The number of nitrogens with one attached hydrogen (secondary N) is 2. The van der Waals surface area contributed by atoms with Gasteiger partial charge in [-0.25, -0.2) is 14.3 Å². The van der Waals surface area contributed by atoms with Crippen LogP contribution in [0.3, 0.4) is 0 Å². The Hall–Kier alpha value is -3.15. The number of hydrogen-bond donors (Lipinski definition) is 3. The zero-order chi connectivity index (χ0) is 23.5. The van der Waals surface area contributed by atoms with E-state index in [-0.39, 0.29) is 17.9 Å². The van der Waals surface area contributed by atoms with Crippen LogP contribution in [0.2, 0.25) is 10.0 Å². The molecule has 0 aliphatic carbocycles. The number of halogens is 2. The summed E-state index contributed by atoms with van der Waals surface area (Å²) in [5.41, 5.74) is 1.13. The van der Waals surface area contributed by atoms with Crippen LogP contribution < -0.4 is 16.5 Å². The maximum Gasteiger partial charge on any atom is 0.338 e. The summed E-state index contributed by atoms with van der Waals surface area (Å²) >= 11 is 13.4. The number of aromatic nitrogens is 3. The van der Waals surface area contributed by atoms with Crippen molar-refractivity contribution in [2.45, 2.75) is 18.1 Å². The van der Waals surface area contributed by atoms with Crippen LogP contribution >= 0.6 is 35.0 Å². The molecule has 4 rings (SSSR count). The number of carbonyl (C=O) groups excluding carboxylic acids is 2. The number of nitrogen functional groups attached to an aromatic ring is 1. The van der Waals surface area contributed by atoms with Gasteiger partial charge in [-0.2, -0.15) is 0 Å². The molecule has 0 saturated carbocycles. The molecule has 1 unspecified atom stereocenters. The van der Waals surface area contributed by atoms with Gasteiger partial charge >= 0.3 is 12.0 Å². The van der Waals surface area contributed by atoms with E-state index in [2.05, 4.69) is 20.8 Å². The predicted octanol–water partition coefficient (Wildman–Crippen LogP) is 3.52. The molecule has 0 radical (unpaired) electrons. The van der Waals surface area contributed by atoms with E-state index in [0.717, 1.165) is 0 Å². The third kappa shape index (κ3) is 4.80. The van der Waals surface area contributed by atoms with Gasteiger partial charge in [0.1, 0.15) is 11.8 Å². The molecule has 3 heterocycles. The lowest BCUT2D eigenvalue weighted by Gasteiger charge is -2.27. The number of urea groups is 1. The first-order valence-corrected chi connectivity index (χ1v) is 11.4. The van der Waals surface area contributed by atoms with E-state index >= 15 is 0 Å². The summed E-state index contributed by atoms with van der Waals surface area (Å²) in [5, 5.41) is 14.8. The highest BCUT2D eigenvalue weighted by molar-refractivity contribution is 7.99. The highest BCUT2D eigenvalue weighted by Gasteiger charge is 2.35. The van der Waals surface area contributed by atoms with E-state index in [1.54, 1.807) is 37.3 Å². The molecule has 2 aromatic heterocycles. The average Bonchev–Trinajstić information content (AvgIpc) is 3.42. The van der Waals surface area contributed by atoms with Crippen molar-refractivity contribution in [1.82, 2.24) is 25.5 Å². The number of thioether (sulfide) groups is 1. The molecule has 0 spiro atoms. The lowest BCUT2D eigenvalue weighted by molar-refractivity contribution is -0.139. The maximum atomic E-state index is 12.7. The van der Waals surface area contributed by atoms with Gasteiger partial charge < -0.3 is 25.6 Å². The molecule has 0 fully saturated rings. The molecule has 0 bridgehead atoms. The minimum absolute atomic E-state index is 0.155. The summed E-state index contributed by atoms with van der Waals surface area (Å²) in [7, 11) is 0. The Morgan fingerprint density at radius 3 is 2.85 bits per heavy atom. The number of benzene rings is 1. The quantitative estimate of drug-likeness (QED) is 0.250. The average molecular weight is 509 g/mol. The highest BCUT2D eigenvalue weighted by Crippen LogP contribution is 2.33. The first-order chi connectivity index (χ1) is 15.9. The second-order valence-electron chi connectivity index (χ2n) is 6.75. The summed E-state index contributed by atoms with van der Waals surface area (Å²) in [4.78, 5) is 25.0. The van der Waals surface area contributed by atoms with Gasteiger partial charge in [0.05, 0.1) is 23.5 Å². The molecule has 2 amide bonds. The third-order valence-electron chi connectivity index (χ3n) is 4.66. The number of esters is 1. The number of hydrogen-bond acceptors (Lipinski definition) is 8. The van der Waals surface area contributed by atoms with Crippen molar-refractivity contribution in [1.29, 1.82) is 0 Å². The topological polar surface area (TPSA) is 137 Å². The zero-order valence-electron chi connectivity index (χ0n) is 17.2. The van der Waals surface area contributed by atoms with Crippen LogP contribution in [0.4, 0.5) is 4.79 Å². The Morgan fingerprint density at radius 2 is 2.15 bits per heavy atom. The van der Waals surface area contributed by atoms with E-state index in [9.17, 15) is 9.59 Å². The van der Waals surface area contributed by atoms with Gasteiger partial charge in [0.25, 0.3) is 0 Å². The fourth-order valence-corrected chi connectivity index (χ4v) is 4.54. The largest absolute Gasteiger partial charge is 0.467 e. The fraction of sp³-hybridized carbons (Fsp3) is 0.200. The van der Waals surface area contributed by atoms with Crippen LogP contribution in [-0.4, -0.2) is 39.2 Å². The number of rotatable bonds is 7. The van der Waals surface area contributed by atoms with Crippen molar-refractivity contribution < 1.29 is 18.7 Å². The number of nitrogens with zero attached hydrogens (tertiary/aromatic N) is 3. The number of amides is 2. The van der Waals surface area contributed by atoms with E-state index < -0.39 is 18.0 Å². The first kappa shape index (κ1) is 23.0. The van der Waals surface area contributed by atoms with Crippen LogP contribution in [-0.2, 0) is 9.53 Å². The molecule has 172 valence electrons. The van der Waals surface area contributed by atoms with E-state index in [1.807, 2.05) is 0 Å². The molecule has 1 aliphatic heterocycles. The van der Waals surface area contributed by atoms with E-state index in [0.29, 0.717) is 38.0 Å². The van der Waals surface area contributed by atoms with Gasteiger partial charge in [-0.1, -0.05) is 35.0 Å². The normalized spacial score (nSPS) is 15.8. The van der Waals surface area contributed by atoms with Crippen molar-refractivity contribution in [3.63, 3.8) is 0 Å². The van der Waals surface area contributed by atoms with Crippen LogP contribution in [0, 0.1) is 0 Å². The summed E-state index contributed by atoms with van der Waals surface area (Å²) in [5.74, 6) is 6.50. The second-order valence-corrected chi connectivity index (χ2v) is 8.53. The lowest BCUT2D eigenvalue weighted by Crippen LogP contribution is -2.46. The Kier molecular flexibility index (Phi) is 6.82. The molecule has 0 saturated heterocycles. The summed E-state index contributed by atoms with van der Waals surface area (Å²) in [6, 6.07) is 6.98. The Bertz CT molecular complexity index is 1230. The first-order valence-electron chi connectivity index (χ1n) is 9.68. The minimum atomic E-state index is -0.803. The number of carbonyl (C=O) groups is 2. The van der Waals surface area contributed by atoms with Crippen LogP contribution in [0.25, 0.3) is 11.4 Å². The third-order valence-corrected chi connectivity index (χ3v) is 6.18. The van der Waals surface area contributed by atoms with E-state index in [4.69, 9.17) is 38.2 Å². The minimum Gasteiger partial charge on any atom is -0.467 e. The van der Waals surface area contributed by atoms with Crippen molar-refractivity contribution in [2.75, 3.05) is 18.2 Å². The molecular formula is C20H18Cl2N6O4S. The van der Waals surface area contributed by atoms with Gasteiger partial charge in [-0.05, 0) is 37.3 Å². The Morgan fingerprint density at radius 1 is 1.33 bits per heavy atom. The van der Waals surface area contributed by atoms with Crippen LogP contribution in [0.5, 0.6) is 0 Å². The summed E-state index contributed by atoms with van der Waals surface area (Å²) in [6.45, 7) is 1.87. The molecule has 10 nitrogen and oxygen atoms in total. The standard InChI is InChI=1S/C20H18Cl2N6O4S/c1-2-31-18(29)15-13(24-19(30)25-16(15)14-4-3-7-32-14)9-33-20-27-26-17(28(20)23)11-6-5-10(21)8-12(11)22/h3-8,16H,2,9,23H2,1H3,(H2,24,25,30). The lowest BCUT2D eigenvalue weighted by atomic mass is 10.0. The number of ether oxygens (including phenoxy) is 1. The molecule has 3 aromatic rings. The Labute approximate surface area is 202 Å². The molecule has 1 atom stereocenters. The summed E-state index contributed by atoms with van der Waals surface area (Å²) in [6.07, 6.45) is 1.46. The monoisotopic (exact) mass is 508 g/mol. The van der Waals surface area contributed by atoms with Crippen molar-refractivity contribution >= 4 is 47.0 Å². The zero-order valence-corrected chi connectivity index (χ0v) is 19.5. The van der Waals surface area contributed by atoms with Gasteiger partial charge in [0.15, 0.2) is 5.82 Å².